The highest BCUT2D eigenvalue weighted by Gasteiger charge is 2.21. The first-order chi connectivity index (χ1) is 14.0. The van der Waals surface area contributed by atoms with Gasteiger partial charge in [-0.2, -0.15) is 0 Å². The van der Waals surface area contributed by atoms with E-state index in [0.717, 1.165) is 31.8 Å². The molecule has 1 fully saturated rings. The number of nitrogens with one attached hydrogen (secondary N) is 2. The summed E-state index contributed by atoms with van der Waals surface area (Å²) in [5, 5.41) is 6.54. The fourth-order valence-electron chi connectivity index (χ4n) is 3.44. The van der Waals surface area contributed by atoms with Gasteiger partial charge in [0.05, 0.1) is 12.7 Å². The molecule has 0 bridgehead atoms. The number of carbonyl (C=O) groups is 1. The Kier molecular flexibility index (Phi) is 13.0. The van der Waals surface area contributed by atoms with Crippen LogP contribution >= 0.6 is 24.0 Å². The van der Waals surface area contributed by atoms with Crippen molar-refractivity contribution in [3.8, 4) is 0 Å². The fraction of sp³-hybridized carbons (Fsp3) is 0.636. The normalized spacial score (nSPS) is 17.4. The molecule has 0 saturated carbocycles. The summed E-state index contributed by atoms with van der Waals surface area (Å²) < 4.78 is 5.87. The minimum atomic E-state index is 0. The maximum Gasteiger partial charge on any atom is 0.224 e. The van der Waals surface area contributed by atoms with Crippen LogP contribution in [-0.2, 0) is 16.1 Å². The molecule has 1 atom stereocenters. The number of aliphatic imine (C=N–C) groups is 1. The molecule has 2 N–H and O–H groups in total. The Morgan fingerprint density at radius 2 is 2.03 bits per heavy atom. The van der Waals surface area contributed by atoms with E-state index in [1.54, 1.807) is 11.9 Å². The number of ether oxygens (including phenoxy) is 1. The largest absolute Gasteiger partial charge is 0.374 e. The van der Waals surface area contributed by atoms with Crippen LogP contribution in [0.1, 0.15) is 25.8 Å². The fourth-order valence-corrected chi connectivity index (χ4v) is 3.44. The van der Waals surface area contributed by atoms with Crippen LogP contribution < -0.4 is 10.6 Å². The molecule has 7 nitrogen and oxygen atoms in total. The molecular formula is C22H38IN5O2. The minimum Gasteiger partial charge on any atom is -0.374 e. The second kappa shape index (κ2) is 14.6. The number of rotatable bonds is 9. The van der Waals surface area contributed by atoms with E-state index in [1.807, 2.05) is 37.4 Å². The van der Waals surface area contributed by atoms with Crippen molar-refractivity contribution in [2.24, 2.45) is 10.9 Å². The van der Waals surface area contributed by atoms with Gasteiger partial charge in [-0.3, -0.25) is 14.7 Å². The van der Waals surface area contributed by atoms with E-state index in [-0.39, 0.29) is 36.0 Å². The lowest BCUT2D eigenvalue weighted by Gasteiger charge is -2.34. The zero-order valence-corrected chi connectivity index (χ0v) is 21.1. The monoisotopic (exact) mass is 531 g/mol. The zero-order chi connectivity index (χ0) is 21.1. The topological polar surface area (TPSA) is 69.2 Å². The number of nitrogens with zero attached hydrogens (tertiary/aromatic N) is 3. The van der Waals surface area contributed by atoms with Gasteiger partial charge in [0.15, 0.2) is 5.96 Å². The number of amides is 1. The predicted octanol–water partition coefficient (Wildman–Crippen LogP) is 2.17. The molecule has 0 spiro atoms. The van der Waals surface area contributed by atoms with Crippen molar-refractivity contribution in [3.63, 3.8) is 0 Å². The van der Waals surface area contributed by atoms with Gasteiger partial charge in [0.2, 0.25) is 5.91 Å². The maximum atomic E-state index is 12.3. The van der Waals surface area contributed by atoms with Gasteiger partial charge in [-0.05, 0) is 11.5 Å². The lowest BCUT2D eigenvalue weighted by molar-refractivity contribution is -0.130. The predicted molar refractivity (Wildman–Crippen MR) is 133 cm³/mol. The van der Waals surface area contributed by atoms with Crippen LogP contribution in [0.15, 0.2) is 35.3 Å². The van der Waals surface area contributed by atoms with Crippen molar-refractivity contribution < 1.29 is 9.53 Å². The summed E-state index contributed by atoms with van der Waals surface area (Å²) in [7, 11) is 3.58. The number of carbonyl (C=O) groups excluding carboxylic acids is 1. The highest BCUT2D eigenvalue weighted by atomic mass is 127. The Bertz CT molecular complexity index is 642. The molecule has 1 aliphatic rings. The van der Waals surface area contributed by atoms with Gasteiger partial charge in [0.1, 0.15) is 0 Å². The van der Waals surface area contributed by atoms with Gasteiger partial charge in [-0.25, -0.2) is 0 Å². The van der Waals surface area contributed by atoms with Gasteiger partial charge < -0.3 is 20.3 Å². The van der Waals surface area contributed by atoms with Crippen LogP contribution in [-0.4, -0.2) is 81.2 Å². The van der Waals surface area contributed by atoms with Crippen molar-refractivity contribution >= 4 is 35.8 Å². The van der Waals surface area contributed by atoms with Crippen molar-refractivity contribution in [1.82, 2.24) is 20.4 Å². The molecule has 1 aromatic carbocycles. The highest BCUT2D eigenvalue weighted by molar-refractivity contribution is 14.0. The van der Waals surface area contributed by atoms with E-state index >= 15 is 0 Å². The Balaban J connectivity index is 0.00000450. The van der Waals surface area contributed by atoms with E-state index in [2.05, 4.69) is 34.4 Å². The highest BCUT2D eigenvalue weighted by Crippen LogP contribution is 2.07. The Morgan fingerprint density at radius 3 is 2.70 bits per heavy atom. The molecule has 0 aliphatic carbocycles. The van der Waals surface area contributed by atoms with Crippen LogP contribution in [0.5, 0.6) is 0 Å². The van der Waals surface area contributed by atoms with E-state index in [9.17, 15) is 4.79 Å². The van der Waals surface area contributed by atoms with Gasteiger partial charge in [0.25, 0.3) is 0 Å². The number of halogens is 1. The molecule has 8 heteroatoms. The Hall–Kier alpha value is -1.39. The lowest BCUT2D eigenvalue weighted by atomic mass is 10.2. The number of morpholine rings is 1. The molecule has 2 rings (SSSR count). The molecule has 170 valence electrons. The molecule has 1 amide bonds. The second-order valence-electron chi connectivity index (χ2n) is 8.01. The molecule has 30 heavy (non-hydrogen) atoms. The second-order valence-corrected chi connectivity index (χ2v) is 8.01. The van der Waals surface area contributed by atoms with Crippen molar-refractivity contribution in [2.45, 2.75) is 32.9 Å². The van der Waals surface area contributed by atoms with E-state index in [0.29, 0.717) is 37.9 Å². The number of benzene rings is 1. The Morgan fingerprint density at radius 1 is 1.30 bits per heavy atom. The summed E-state index contributed by atoms with van der Waals surface area (Å²) in [4.78, 5) is 20.8. The summed E-state index contributed by atoms with van der Waals surface area (Å²) in [5.74, 6) is 1.47. The lowest BCUT2D eigenvalue weighted by Crippen LogP contribution is -2.50. The van der Waals surface area contributed by atoms with Crippen LogP contribution in [0.25, 0.3) is 0 Å². The van der Waals surface area contributed by atoms with Crippen molar-refractivity contribution in [2.75, 3.05) is 53.4 Å². The Labute approximate surface area is 198 Å². The van der Waals surface area contributed by atoms with Gasteiger partial charge in [-0.1, -0.05) is 44.2 Å². The summed E-state index contributed by atoms with van der Waals surface area (Å²) in [6.07, 6.45) is 0.575. The third-order valence-corrected chi connectivity index (χ3v) is 4.89. The number of hydrogen-bond acceptors (Lipinski definition) is 4. The molecule has 0 aromatic heterocycles. The molecule has 1 aromatic rings. The molecule has 1 aliphatic heterocycles. The number of hydrogen-bond donors (Lipinski definition) is 2. The van der Waals surface area contributed by atoms with E-state index in [4.69, 9.17) is 4.74 Å². The molecule has 1 saturated heterocycles. The molecular weight excluding hydrogens is 493 g/mol. The van der Waals surface area contributed by atoms with Crippen LogP contribution in [0.3, 0.4) is 0 Å². The van der Waals surface area contributed by atoms with Crippen molar-refractivity contribution in [3.05, 3.63) is 35.9 Å². The van der Waals surface area contributed by atoms with Crippen LogP contribution in [0, 0.1) is 5.92 Å². The average molecular weight is 531 g/mol. The maximum absolute atomic E-state index is 12.3. The van der Waals surface area contributed by atoms with Crippen LogP contribution in [0.2, 0.25) is 0 Å². The molecule has 1 heterocycles. The minimum absolute atomic E-state index is 0. The summed E-state index contributed by atoms with van der Waals surface area (Å²) >= 11 is 0. The van der Waals surface area contributed by atoms with E-state index < -0.39 is 0 Å². The molecule has 0 radical (unpaired) electrons. The quantitative estimate of drug-likeness (QED) is 0.291. The third kappa shape index (κ3) is 10.1. The third-order valence-electron chi connectivity index (χ3n) is 4.89. The van der Waals surface area contributed by atoms with Gasteiger partial charge >= 0.3 is 0 Å². The van der Waals surface area contributed by atoms with E-state index in [1.165, 1.54) is 0 Å². The smallest absolute Gasteiger partial charge is 0.224 e. The average Bonchev–Trinajstić information content (AvgIpc) is 2.71. The number of guanidine groups is 1. The van der Waals surface area contributed by atoms with Crippen LogP contribution in [0.4, 0.5) is 0 Å². The first kappa shape index (κ1) is 26.6. The van der Waals surface area contributed by atoms with Gasteiger partial charge in [-0.15, -0.1) is 24.0 Å². The van der Waals surface area contributed by atoms with Gasteiger partial charge in [0, 0.05) is 59.8 Å². The summed E-state index contributed by atoms with van der Waals surface area (Å²) in [5.41, 5.74) is 1.13. The molecule has 1 unspecified atom stereocenters. The zero-order valence-electron chi connectivity index (χ0n) is 18.8. The first-order valence-corrected chi connectivity index (χ1v) is 10.5. The standard InChI is InChI=1S/C22H37N5O2.HI/c1-18(2)15-27-12-13-29-20(17-27)14-25-22(23-3)24-11-10-21(28)26(4)16-19-8-6-5-7-9-19;/h5-9,18,20H,10-17H2,1-4H3,(H2,23,24,25);1H. The summed E-state index contributed by atoms with van der Waals surface area (Å²) in [6.45, 7) is 10.2. The SMILES string of the molecule is CN=C(NCCC(=O)N(C)Cc1ccccc1)NCC1CN(CC(C)C)CCO1.I. The first-order valence-electron chi connectivity index (χ1n) is 10.5. The summed E-state index contributed by atoms with van der Waals surface area (Å²) in [6, 6.07) is 10.0. The van der Waals surface area contributed by atoms with Crippen molar-refractivity contribution in [1.29, 1.82) is 0 Å².